The molecule has 1 fully saturated rings. The number of piperidine rings is 1. The summed E-state index contributed by atoms with van der Waals surface area (Å²) in [5.74, 6) is -2.33. The van der Waals surface area contributed by atoms with E-state index in [1.54, 1.807) is 16.8 Å². The quantitative estimate of drug-likeness (QED) is 0.839. The molecule has 0 saturated carbocycles. The van der Waals surface area contributed by atoms with Crippen LogP contribution in [0.25, 0.3) is 10.9 Å². The van der Waals surface area contributed by atoms with Crippen LogP contribution in [0.4, 0.5) is 4.39 Å². The average molecular weight is 348 g/mol. The molecule has 1 aromatic heterocycles. The monoisotopic (exact) mass is 348 g/mol. The fourth-order valence-corrected chi connectivity index (χ4v) is 3.57. The van der Waals surface area contributed by atoms with Gasteiger partial charge in [0.2, 0.25) is 0 Å². The minimum absolute atomic E-state index is 0.110. The van der Waals surface area contributed by atoms with Gasteiger partial charge >= 0.3 is 11.9 Å². The van der Waals surface area contributed by atoms with Gasteiger partial charge in [0.05, 0.1) is 11.9 Å². The van der Waals surface area contributed by atoms with E-state index in [0.717, 1.165) is 19.3 Å². The van der Waals surface area contributed by atoms with Crippen LogP contribution in [0.1, 0.15) is 37.3 Å². The van der Waals surface area contributed by atoms with E-state index in [1.165, 1.54) is 12.1 Å². The number of nitrogens with zero attached hydrogens (tertiary/aromatic N) is 2. The fourth-order valence-electron chi connectivity index (χ4n) is 3.57. The van der Waals surface area contributed by atoms with Crippen LogP contribution in [-0.4, -0.2) is 44.7 Å². The van der Waals surface area contributed by atoms with Gasteiger partial charge in [0, 0.05) is 23.7 Å². The second kappa shape index (κ2) is 7.23. The number of carboxylic acids is 2. The van der Waals surface area contributed by atoms with Gasteiger partial charge in [-0.1, -0.05) is 6.42 Å². The highest BCUT2D eigenvalue weighted by Crippen LogP contribution is 2.32. The Kier molecular flexibility index (Phi) is 5.03. The number of carbonyl (C=O) groups is 2. The summed E-state index contributed by atoms with van der Waals surface area (Å²) < 4.78 is 15.3. The standard InChI is InChI=1S/C18H21FN2O4/c19-12-4-5-13-14(11-21(15(13)10-12)9-6-16(22)23)17(18(24)25)20-7-2-1-3-8-20/h4-5,10-11,17H,1-3,6-9H2,(H,22,23)(H,24,25)/t17-/m0/s1. The Morgan fingerprint density at radius 1 is 1.16 bits per heavy atom. The molecule has 25 heavy (non-hydrogen) atoms. The molecular weight excluding hydrogens is 327 g/mol. The van der Waals surface area contributed by atoms with E-state index >= 15 is 0 Å². The lowest BCUT2D eigenvalue weighted by atomic mass is 10.0. The van der Waals surface area contributed by atoms with E-state index in [2.05, 4.69) is 0 Å². The lowest BCUT2D eigenvalue weighted by Gasteiger charge is -2.31. The Morgan fingerprint density at radius 3 is 2.52 bits per heavy atom. The van der Waals surface area contributed by atoms with Gasteiger partial charge in [-0.3, -0.25) is 14.5 Å². The lowest BCUT2D eigenvalue weighted by molar-refractivity contribution is -0.144. The maximum atomic E-state index is 13.7. The summed E-state index contributed by atoms with van der Waals surface area (Å²) in [6, 6.07) is 3.41. The molecule has 1 saturated heterocycles. The van der Waals surface area contributed by atoms with E-state index in [1.807, 2.05) is 4.90 Å². The van der Waals surface area contributed by atoms with Crippen LogP contribution < -0.4 is 0 Å². The average Bonchev–Trinajstić information content (AvgIpc) is 2.91. The SMILES string of the molecule is O=C(O)CCn1cc([C@@H](C(=O)O)N2CCCCC2)c2ccc(F)cc21. The highest BCUT2D eigenvalue weighted by Gasteiger charge is 2.31. The van der Waals surface area contributed by atoms with Crippen LogP contribution >= 0.6 is 0 Å². The number of benzene rings is 1. The number of aliphatic carboxylic acids is 2. The topological polar surface area (TPSA) is 82.8 Å². The molecule has 1 aliphatic rings. The Hall–Kier alpha value is -2.41. The van der Waals surface area contributed by atoms with Gasteiger partial charge < -0.3 is 14.8 Å². The van der Waals surface area contributed by atoms with E-state index in [9.17, 15) is 19.1 Å². The molecule has 7 heteroatoms. The second-order valence-corrected chi connectivity index (χ2v) is 6.42. The third-order valence-electron chi connectivity index (χ3n) is 4.73. The zero-order valence-corrected chi connectivity index (χ0v) is 13.8. The summed E-state index contributed by atoms with van der Waals surface area (Å²) >= 11 is 0. The lowest BCUT2D eigenvalue weighted by Crippen LogP contribution is -2.37. The third kappa shape index (κ3) is 3.66. The summed E-state index contributed by atoms with van der Waals surface area (Å²) in [4.78, 5) is 24.8. The molecular formula is C18H21FN2O4. The third-order valence-corrected chi connectivity index (χ3v) is 4.73. The molecule has 0 aliphatic carbocycles. The van der Waals surface area contributed by atoms with Gasteiger partial charge in [-0.05, 0) is 44.1 Å². The number of hydrogen-bond donors (Lipinski definition) is 2. The summed E-state index contributed by atoms with van der Waals surface area (Å²) in [6.45, 7) is 1.58. The molecule has 2 heterocycles. The first-order valence-electron chi connectivity index (χ1n) is 8.44. The second-order valence-electron chi connectivity index (χ2n) is 6.42. The number of hydrogen-bond acceptors (Lipinski definition) is 3. The summed E-state index contributed by atoms with van der Waals surface area (Å²) in [7, 11) is 0. The Balaban J connectivity index is 2.06. The number of carboxylic acid groups (broad SMARTS) is 2. The normalized spacial score (nSPS) is 16.8. The highest BCUT2D eigenvalue weighted by atomic mass is 19.1. The number of aryl methyl sites for hydroxylation is 1. The van der Waals surface area contributed by atoms with Gasteiger partial charge in [0.1, 0.15) is 11.9 Å². The van der Waals surface area contributed by atoms with E-state index in [-0.39, 0.29) is 13.0 Å². The maximum Gasteiger partial charge on any atom is 0.325 e. The van der Waals surface area contributed by atoms with Crippen molar-refractivity contribution in [3.63, 3.8) is 0 Å². The first-order valence-corrected chi connectivity index (χ1v) is 8.44. The van der Waals surface area contributed by atoms with Crippen LogP contribution in [0.15, 0.2) is 24.4 Å². The molecule has 2 aromatic rings. The molecule has 134 valence electrons. The Morgan fingerprint density at radius 2 is 1.88 bits per heavy atom. The van der Waals surface area contributed by atoms with Gasteiger partial charge in [0.25, 0.3) is 0 Å². The van der Waals surface area contributed by atoms with E-state index in [0.29, 0.717) is 29.6 Å². The largest absolute Gasteiger partial charge is 0.481 e. The van der Waals surface area contributed by atoms with E-state index < -0.39 is 23.8 Å². The van der Waals surface area contributed by atoms with Crippen molar-refractivity contribution >= 4 is 22.8 Å². The molecule has 0 bridgehead atoms. The predicted octanol–water partition coefficient (Wildman–Crippen LogP) is 2.87. The van der Waals surface area contributed by atoms with Crippen molar-refractivity contribution in [2.24, 2.45) is 0 Å². The minimum atomic E-state index is -0.953. The Bertz CT molecular complexity index is 796. The van der Waals surface area contributed by atoms with Crippen LogP contribution in [0.5, 0.6) is 0 Å². The van der Waals surface area contributed by atoms with Crippen molar-refractivity contribution < 1.29 is 24.2 Å². The summed E-state index contributed by atoms with van der Waals surface area (Å²) in [5.41, 5.74) is 1.12. The Labute approximate surface area is 144 Å². The zero-order valence-electron chi connectivity index (χ0n) is 13.8. The van der Waals surface area contributed by atoms with E-state index in [4.69, 9.17) is 5.11 Å². The van der Waals surface area contributed by atoms with Crippen molar-refractivity contribution in [2.45, 2.75) is 38.3 Å². The zero-order chi connectivity index (χ0) is 18.0. The summed E-state index contributed by atoms with van der Waals surface area (Å²) in [5, 5.41) is 19.4. The van der Waals surface area contributed by atoms with Gasteiger partial charge in [-0.25, -0.2) is 4.39 Å². The smallest absolute Gasteiger partial charge is 0.325 e. The number of aromatic nitrogens is 1. The number of likely N-dealkylation sites (tertiary alicyclic amines) is 1. The molecule has 0 spiro atoms. The van der Waals surface area contributed by atoms with Crippen LogP contribution in [0.2, 0.25) is 0 Å². The number of fused-ring (bicyclic) bond motifs is 1. The van der Waals surface area contributed by atoms with Gasteiger partial charge in [-0.15, -0.1) is 0 Å². The highest BCUT2D eigenvalue weighted by molar-refractivity contribution is 5.90. The molecule has 0 unspecified atom stereocenters. The van der Waals surface area contributed by atoms with Gasteiger partial charge in [-0.2, -0.15) is 0 Å². The predicted molar refractivity (Wildman–Crippen MR) is 89.9 cm³/mol. The van der Waals surface area contributed by atoms with Crippen molar-refractivity contribution in [1.82, 2.24) is 9.47 Å². The maximum absolute atomic E-state index is 13.7. The van der Waals surface area contributed by atoms with Crippen molar-refractivity contribution in [3.8, 4) is 0 Å². The molecule has 0 amide bonds. The van der Waals surface area contributed by atoms with Crippen molar-refractivity contribution in [3.05, 3.63) is 35.8 Å². The molecule has 1 atom stereocenters. The van der Waals surface area contributed by atoms with Crippen molar-refractivity contribution in [1.29, 1.82) is 0 Å². The minimum Gasteiger partial charge on any atom is -0.481 e. The number of halogens is 1. The first-order chi connectivity index (χ1) is 12.0. The van der Waals surface area contributed by atoms with Crippen LogP contribution in [0.3, 0.4) is 0 Å². The van der Waals surface area contributed by atoms with Crippen LogP contribution in [-0.2, 0) is 16.1 Å². The molecule has 1 aromatic carbocycles. The molecule has 3 rings (SSSR count). The number of rotatable bonds is 6. The molecule has 6 nitrogen and oxygen atoms in total. The van der Waals surface area contributed by atoms with Crippen molar-refractivity contribution in [2.75, 3.05) is 13.1 Å². The van der Waals surface area contributed by atoms with Crippen LogP contribution in [0, 0.1) is 5.82 Å². The fraction of sp³-hybridized carbons (Fsp3) is 0.444. The molecule has 0 radical (unpaired) electrons. The van der Waals surface area contributed by atoms with Gasteiger partial charge in [0.15, 0.2) is 0 Å². The molecule has 2 N–H and O–H groups in total. The summed E-state index contributed by atoms with van der Waals surface area (Å²) in [6.07, 6.45) is 4.56. The first kappa shape index (κ1) is 17.4. The molecule has 1 aliphatic heterocycles.